The predicted molar refractivity (Wildman–Crippen MR) is 60.0 cm³/mol. The molecule has 0 aliphatic carbocycles. The molecule has 0 aromatic heterocycles. The van der Waals surface area contributed by atoms with Gasteiger partial charge in [0.1, 0.15) is 13.2 Å². The zero-order chi connectivity index (χ0) is 12.6. The Morgan fingerprint density at radius 3 is 2.25 bits per heavy atom. The number of hydrogen-bond acceptors (Lipinski definition) is 4. The van der Waals surface area contributed by atoms with Crippen molar-refractivity contribution in [1.82, 2.24) is 4.90 Å². The lowest BCUT2D eigenvalue weighted by Gasteiger charge is -2.25. The molecule has 1 amide bonds. The molecule has 5 heteroatoms. The number of carbonyl (C=O) groups is 2. The number of hydrogen-bond donors (Lipinski definition) is 0. The maximum atomic E-state index is 11.7. The Morgan fingerprint density at radius 2 is 1.81 bits per heavy atom. The van der Waals surface area contributed by atoms with Gasteiger partial charge >= 0.3 is 5.97 Å². The molecule has 0 saturated heterocycles. The molecule has 0 saturated carbocycles. The zero-order valence-electron chi connectivity index (χ0n) is 10.5. The largest absolute Gasteiger partial charge is 0.465 e. The van der Waals surface area contributed by atoms with Crippen LogP contribution in [-0.4, -0.2) is 49.2 Å². The number of carbonyl (C=O) groups excluding carboxylic acids is 2. The Labute approximate surface area is 96.7 Å². The van der Waals surface area contributed by atoms with Crippen LogP contribution in [-0.2, 0) is 19.1 Å². The van der Waals surface area contributed by atoms with E-state index in [1.54, 1.807) is 6.92 Å². The standard InChI is InChI=1S/C11H21NO4/c1-5-15-8-10(13)12(9(3)4)7-11(14)16-6-2/h9H,5-8H2,1-4H3. The van der Waals surface area contributed by atoms with Crippen LogP contribution in [0.25, 0.3) is 0 Å². The average Bonchev–Trinajstić information content (AvgIpc) is 2.22. The van der Waals surface area contributed by atoms with Crippen LogP contribution in [0.3, 0.4) is 0 Å². The van der Waals surface area contributed by atoms with Crippen LogP contribution in [0.5, 0.6) is 0 Å². The van der Waals surface area contributed by atoms with Crippen molar-refractivity contribution in [3.05, 3.63) is 0 Å². The van der Waals surface area contributed by atoms with Gasteiger partial charge in [-0.15, -0.1) is 0 Å². The monoisotopic (exact) mass is 231 g/mol. The minimum Gasteiger partial charge on any atom is -0.465 e. The first-order valence-electron chi connectivity index (χ1n) is 5.55. The van der Waals surface area contributed by atoms with Gasteiger partial charge in [0, 0.05) is 12.6 Å². The summed E-state index contributed by atoms with van der Waals surface area (Å²) in [4.78, 5) is 24.4. The third-order valence-corrected chi connectivity index (χ3v) is 1.98. The van der Waals surface area contributed by atoms with Gasteiger partial charge in [-0.05, 0) is 27.7 Å². The van der Waals surface area contributed by atoms with Crippen molar-refractivity contribution in [2.45, 2.75) is 33.7 Å². The number of nitrogens with zero attached hydrogens (tertiary/aromatic N) is 1. The highest BCUT2D eigenvalue weighted by Crippen LogP contribution is 2.00. The molecule has 0 radical (unpaired) electrons. The van der Waals surface area contributed by atoms with Crippen molar-refractivity contribution in [2.24, 2.45) is 0 Å². The van der Waals surface area contributed by atoms with E-state index in [9.17, 15) is 9.59 Å². The lowest BCUT2D eigenvalue weighted by Crippen LogP contribution is -2.43. The van der Waals surface area contributed by atoms with Crippen LogP contribution in [0.4, 0.5) is 0 Å². The van der Waals surface area contributed by atoms with Gasteiger partial charge in [-0.2, -0.15) is 0 Å². The van der Waals surface area contributed by atoms with Crippen LogP contribution in [0.2, 0.25) is 0 Å². The molecule has 0 aliphatic heterocycles. The van der Waals surface area contributed by atoms with Gasteiger partial charge in [-0.25, -0.2) is 0 Å². The van der Waals surface area contributed by atoms with Gasteiger partial charge in [0.25, 0.3) is 0 Å². The van der Waals surface area contributed by atoms with Crippen LogP contribution in [0.1, 0.15) is 27.7 Å². The summed E-state index contributed by atoms with van der Waals surface area (Å²) >= 11 is 0. The van der Waals surface area contributed by atoms with Crippen molar-refractivity contribution in [1.29, 1.82) is 0 Å². The third-order valence-electron chi connectivity index (χ3n) is 1.98. The normalized spacial score (nSPS) is 10.3. The van der Waals surface area contributed by atoms with E-state index in [2.05, 4.69) is 0 Å². The van der Waals surface area contributed by atoms with Crippen molar-refractivity contribution < 1.29 is 19.1 Å². The molecule has 0 heterocycles. The van der Waals surface area contributed by atoms with Crippen molar-refractivity contribution >= 4 is 11.9 Å². The van der Waals surface area contributed by atoms with Crippen LogP contribution >= 0.6 is 0 Å². The van der Waals surface area contributed by atoms with E-state index in [1.807, 2.05) is 20.8 Å². The van der Waals surface area contributed by atoms with Crippen molar-refractivity contribution in [2.75, 3.05) is 26.4 Å². The smallest absolute Gasteiger partial charge is 0.325 e. The molecule has 94 valence electrons. The molecule has 0 rings (SSSR count). The molecule has 0 fully saturated rings. The van der Waals surface area contributed by atoms with Gasteiger partial charge in [0.05, 0.1) is 6.61 Å². The molecule has 0 atom stereocenters. The van der Waals surface area contributed by atoms with Gasteiger partial charge in [-0.1, -0.05) is 0 Å². The average molecular weight is 231 g/mol. The van der Waals surface area contributed by atoms with E-state index >= 15 is 0 Å². The summed E-state index contributed by atoms with van der Waals surface area (Å²) in [6, 6.07) is -0.0441. The highest BCUT2D eigenvalue weighted by Gasteiger charge is 2.20. The van der Waals surface area contributed by atoms with Crippen LogP contribution < -0.4 is 0 Å². The fourth-order valence-electron chi connectivity index (χ4n) is 1.18. The number of esters is 1. The SMILES string of the molecule is CCOCC(=O)N(CC(=O)OCC)C(C)C. The highest BCUT2D eigenvalue weighted by molar-refractivity contribution is 5.83. The molecule has 16 heavy (non-hydrogen) atoms. The summed E-state index contributed by atoms with van der Waals surface area (Å²) in [7, 11) is 0. The number of rotatable bonds is 7. The summed E-state index contributed by atoms with van der Waals surface area (Å²) in [6.07, 6.45) is 0. The van der Waals surface area contributed by atoms with Crippen LogP contribution in [0.15, 0.2) is 0 Å². The Kier molecular flexibility index (Phi) is 7.54. The molecule has 0 aliphatic rings. The Hall–Kier alpha value is -1.10. The maximum Gasteiger partial charge on any atom is 0.325 e. The maximum absolute atomic E-state index is 11.7. The lowest BCUT2D eigenvalue weighted by molar-refractivity contribution is -0.151. The first-order valence-corrected chi connectivity index (χ1v) is 5.55. The van der Waals surface area contributed by atoms with E-state index in [-0.39, 0.29) is 31.1 Å². The summed E-state index contributed by atoms with van der Waals surface area (Å²) in [5.74, 6) is -0.578. The second kappa shape index (κ2) is 8.10. The summed E-state index contributed by atoms with van der Waals surface area (Å²) < 4.78 is 9.83. The topological polar surface area (TPSA) is 55.8 Å². The molecule has 0 spiro atoms. The van der Waals surface area contributed by atoms with Gasteiger partial charge in [0.15, 0.2) is 0 Å². The molecule has 0 aromatic rings. The number of amides is 1. The first-order chi connectivity index (χ1) is 7.52. The number of ether oxygens (including phenoxy) is 2. The predicted octanol–water partition coefficient (Wildman–Crippen LogP) is 0.823. The van der Waals surface area contributed by atoms with Crippen LogP contribution in [0, 0.1) is 0 Å². The van der Waals surface area contributed by atoms with Crippen molar-refractivity contribution in [3.8, 4) is 0 Å². The molecule has 0 N–H and O–H groups in total. The van der Waals surface area contributed by atoms with Gasteiger partial charge in [0.2, 0.25) is 5.91 Å². The lowest BCUT2D eigenvalue weighted by atomic mass is 10.3. The van der Waals surface area contributed by atoms with Crippen molar-refractivity contribution in [3.63, 3.8) is 0 Å². The molecular weight excluding hydrogens is 210 g/mol. The second-order valence-corrected chi connectivity index (χ2v) is 3.56. The molecule has 0 bridgehead atoms. The fourth-order valence-corrected chi connectivity index (χ4v) is 1.18. The summed E-state index contributed by atoms with van der Waals surface area (Å²) in [5, 5.41) is 0. The Morgan fingerprint density at radius 1 is 1.19 bits per heavy atom. The Bertz CT molecular complexity index is 228. The molecule has 0 aromatic carbocycles. The van der Waals surface area contributed by atoms with E-state index in [0.717, 1.165) is 0 Å². The minimum absolute atomic E-state index is 0.00802. The second-order valence-electron chi connectivity index (χ2n) is 3.56. The van der Waals surface area contributed by atoms with E-state index in [1.165, 1.54) is 4.90 Å². The Balaban J connectivity index is 4.26. The summed E-state index contributed by atoms with van der Waals surface area (Å²) in [6.45, 7) is 8.05. The zero-order valence-corrected chi connectivity index (χ0v) is 10.5. The molecular formula is C11H21NO4. The van der Waals surface area contributed by atoms with E-state index < -0.39 is 0 Å². The highest BCUT2D eigenvalue weighted by atomic mass is 16.5. The van der Waals surface area contributed by atoms with E-state index in [0.29, 0.717) is 13.2 Å². The molecule has 5 nitrogen and oxygen atoms in total. The van der Waals surface area contributed by atoms with Gasteiger partial charge in [-0.3, -0.25) is 9.59 Å². The quantitative estimate of drug-likeness (QED) is 0.609. The summed E-state index contributed by atoms with van der Waals surface area (Å²) in [5.41, 5.74) is 0. The minimum atomic E-state index is -0.388. The van der Waals surface area contributed by atoms with E-state index in [4.69, 9.17) is 9.47 Å². The van der Waals surface area contributed by atoms with Gasteiger partial charge < -0.3 is 14.4 Å². The first kappa shape index (κ1) is 14.9. The molecule has 0 unspecified atom stereocenters. The third kappa shape index (κ3) is 5.70. The fraction of sp³-hybridized carbons (Fsp3) is 0.818.